The van der Waals surface area contributed by atoms with Gasteiger partial charge in [-0.2, -0.15) is 0 Å². The third kappa shape index (κ3) is 4.24. The van der Waals surface area contributed by atoms with E-state index in [4.69, 9.17) is 5.11 Å². The molecule has 0 aromatic carbocycles. The molecule has 11 heteroatoms. The van der Waals surface area contributed by atoms with Crippen LogP contribution in [0.4, 0.5) is 4.79 Å². The molecule has 3 amide bonds. The van der Waals surface area contributed by atoms with E-state index >= 15 is 0 Å². The van der Waals surface area contributed by atoms with Crippen LogP contribution in [0.2, 0.25) is 0 Å². The molecular weight excluding hydrogens is 378 g/mol. The molecule has 0 aliphatic carbocycles. The summed E-state index contributed by atoms with van der Waals surface area (Å²) in [6.07, 6.45) is 1.15. The summed E-state index contributed by atoms with van der Waals surface area (Å²) in [5.74, 6) is -0.116. The molecular formula is C18H29N7O4. The molecule has 29 heavy (non-hydrogen) atoms. The Hall–Kier alpha value is -2.56. The lowest BCUT2D eigenvalue weighted by Crippen LogP contribution is -2.63. The first-order valence-corrected chi connectivity index (χ1v) is 10.3. The quantitative estimate of drug-likeness (QED) is 0.538. The number of hydrogen-bond donors (Lipinski definition) is 2. The summed E-state index contributed by atoms with van der Waals surface area (Å²) in [6.45, 7) is 7.54. The van der Waals surface area contributed by atoms with Crippen molar-refractivity contribution in [2.24, 2.45) is 4.99 Å². The molecule has 0 radical (unpaired) electrons. The molecule has 0 saturated carbocycles. The molecule has 160 valence electrons. The molecule has 0 aromatic rings. The van der Waals surface area contributed by atoms with Gasteiger partial charge in [0.05, 0.1) is 13.1 Å². The Kier molecular flexibility index (Phi) is 5.74. The maximum absolute atomic E-state index is 12.9. The number of aliphatic imine (C=N–C) groups is 1. The number of piperazine rings is 2. The predicted molar refractivity (Wildman–Crippen MR) is 104 cm³/mol. The van der Waals surface area contributed by atoms with E-state index in [0.717, 1.165) is 38.6 Å². The highest BCUT2D eigenvalue weighted by Crippen LogP contribution is 2.20. The number of aliphatic carboxylic acids is 1. The Morgan fingerprint density at radius 2 is 1.69 bits per heavy atom. The Bertz CT molecular complexity index is 684. The molecule has 4 rings (SSSR count). The van der Waals surface area contributed by atoms with Gasteiger partial charge in [-0.3, -0.25) is 14.7 Å². The molecule has 3 fully saturated rings. The van der Waals surface area contributed by atoms with Crippen molar-refractivity contribution in [2.75, 3.05) is 72.1 Å². The van der Waals surface area contributed by atoms with Gasteiger partial charge in [0.2, 0.25) is 5.91 Å². The molecule has 4 heterocycles. The zero-order chi connectivity index (χ0) is 20.4. The minimum Gasteiger partial charge on any atom is -0.480 e. The van der Waals surface area contributed by atoms with Crippen LogP contribution in [0.25, 0.3) is 0 Å². The number of guanidine groups is 1. The number of nitrogens with zero attached hydrogens (tertiary/aromatic N) is 6. The van der Waals surface area contributed by atoms with Crippen molar-refractivity contribution in [1.29, 1.82) is 0 Å². The van der Waals surface area contributed by atoms with E-state index in [1.807, 2.05) is 14.7 Å². The zero-order valence-electron chi connectivity index (χ0n) is 16.6. The summed E-state index contributed by atoms with van der Waals surface area (Å²) < 4.78 is 0. The second-order valence-corrected chi connectivity index (χ2v) is 7.91. The average molecular weight is 407 g/mol. The topological polar surface area (TPSA) is 112 Å². The van der Waals surface area contributed by atoms with Crippen molar-refractivity contribution in [3.05, 3.63) is 0 Å². The standard InChI is InChI=1S/C18H29N7O4/c26-15-12-14(16(27)28)25(15)13-21-4-6-23(7-5-21)18(29)24-10-8-22(9-11-24)17-19-2-1-3-20-17/h14H,1-13H2,(H,19,20)(H,27,28)/t14-/m0/s1. The number of hydrogen-bond acceptors (Lipinski definition) is 7. The minimum atomic E-state index is -0.952. The fourth-order valence-electron chi connectivity index (χ4n) is 4.19. The number of β-lactam (4-membered cyclic amide) rings is 1. The predicted octanol–water partition coefficient (Wildman–Crippen LogP) is -1.67. The van der Waals surface area contributed by atoms with E-state index in [9.17, 15) is 14.4 Å². The molecule has 0 bridgehead atoms. The van der Waals surface area contributed by atoms with Crippen LogP contribution in [0.1, 0.15) is 12.8 Å². The van der Waals surface area contributed by atoms with Crippen LogP contribution in [0.15, 0.2) is 4.99 Å². The number of amides is 3. The van der Waals surface area contributed by atoms with E-state index in [0.29, 0.717) is 45.9 Å². The lowest BCUT2D eigenvalue weighted by atomic mass is 10.0. The molecule has 4 aliphatic heterocycles. The fourth-order valence-corrected chi connectivity index (χ4v) is 4.19. The Morgan fingerprint density at radius 1 is 1.03 bits per heavy atom. The number of carboxylic acids is 1. The van der Waals surface area contributed by atoms with Gasteiger partial charge in [0.1, 0.15) is 6.04 Å². The van der Waals surface area contributed by atoms with Gasteiger partial charge in [-0.15, -0.1) is 0 Å². The van der Waals surface area contributed by atoms with Crippen LogP contribution in [0.5, 0.6) is 0 Å². The van der Waals surface area contributed by atoms with Gasteiger partial charge in [0.15, 0.2) is 5.96 Å². The number of rotatable bonds is 3. The summed E-state index contributed by atoms with van der Waals surface area (Å²) in [7, 11) is 0. The van der Waals surface area contributed by atoms with E-state index in [1.54, 1.807) is 0 Å². The van der Waals surface area contributed by atoms with Gasteiger partial charge in [-0.1, -0.05) is 0 Å². The smallest absolute Gasteiger partial charge is 0.327 e. The summed E-state index contributed by atoms with van der Waals surface area (Å²) in [4.78, 5) is 49.6. The van der Waals surface area contributed by atoms with Crippen LogP contribution in [0, 0.1) is 0 Å². The number of nitrogens with one attached hydrogen (secondary N) is 1. The first-order valence-electron chi connectivity index (χ1n) is 10.3. The van der Waals surface area contributed by atoms with Crippen LogP contribution >= 0.6 is 0 Å². The number of urea groups is 1. The Labute approximate surface area is 169 Å². The molecule has 1 atom stereocenters. The fraction of sp³-hybridized carbons (Fsp3) is 0.778. The van der Waals surface area contributed by atoms with Gasteiger partial charge in [-0.05, 0) is 6.42 Å². The monoisotopic (exact) mass is 407 g/mol. The lowest BCUT2D eigenvalue weighted by Gasteiger charge is -2.44. The van der Waals surface area contributed by atoms with E-state index in [2.05, 4.69) is 15.2 Å². The molecule has 3 saturated heterocycles. The highest BCUT2D eigenvalue weighted by molar-refractivity contribution is 5.94. The van der Waals surface area contributed by atoms with Crippen molar-refractivity contribution in [3.8, 4) is 0 Å². The van der Waals surface area contributed by atoms with Crippen molar-refractivity contribution >= 4 is 23.9 Å². The van der Waals surface area contributed by atoms with Crippen LogP contribution < -0.4 is 5.32 Å². The van der Waals surface area contributed by atoms with Crippen LogP contribution in [-0.2, 0) is 9.59 Å². The van der Waals surface area contributed by atoms with Gasteiger partial charge in [-0.25, -0.2) is 9.59 Å². The maximum Gasteiger partial charge on any atom is 0.327 e. The van der Waals surface area contributed by atoms with E-state index in [1.165, 1.54) is 4.90 Å². The van der Waals surface area contributed by atoms with Crippen LogP contribution in [-0.4, -0.2) is 132 Å². The van der Waals surface area contributed by atoms with Gasteiger partial charge >= 0.3 is 12.0 Å². The Morgan fingerprint density at radius 3 is 2.24 bits per heavy atom. The van der Waals surface area contributed by atoms with Gasteiger partial charge in [0.25, 0.3) is 0 Å². The summed E-state index contributed by atoms with van der Waals surface area (Å²) in [5, 5.41) is 12.5. The average Bonchev–Trinajstić information content (AvgIpc) is 2.76. The highest BCUT2D eigenvalue weighted by Gasteiger charge is 2.42. The Balaban J connectivity index is 1.21. The summed E-state index contributed by atoms with van der Waals surface area (Å²) in [6, 6.07) is -0.645. The minimum absolute atomic E-state index is 0.0614. The first kappa shape index (κ1) is 19.7. The SMILES string of the molecule is O=C(O)[C@@H]1CC(=O)N1CN1CCN(C(=O)N2CCN(C3=NCCCN3)CC2)CC1. The molecule has 0 unspecified atom stereocenters. The van der Waals surface area contributed by atoms with Gasteiger partial charge in [0, 0.05) is 65.4 Å². The number of carbonyl (C=O) groups is 3. The largest absolute Gasteiger partial charge is 0.480 e. The number of carboxylic acid groups (broad SMARTS) is 1. The molecule has 0 spiro atoms. The van der Waals surface area contributed by atoms with Crippen molar-refractivity contribution in [2.45, 2.75) is 18.9 Å². The van der Waals surface area contributed by atoms with Crippen LogP contribution in [0.3, 0.4) is 0 Å². The van der Waals surface area contributed by atoms with Crippen molar-refractivity contribution in [3.63, 3.8) is 0 Å². The highest BCUT2D eigenvalue weighted by atomic mass is 16.4. The molecule has 11 nitrogen and oxygen atoms in total. The second-order valence-electron chi connectivity index (χ2n) is 7.91. The van der Waals surface area contributed by atoms with E-state index < -0.39 is 12.0 Å². The lowest BCUT2D eigenvalue weighted by molar-refractivity contribution is -0.165. The van der Waals surface area contributed by atoms with Gasteiger partial charge < -0.3 is 30.0 Å². The summed E-state index contributed by atoms with van der Waals surface area (Å²) in [5.41, 5.74) is 0. The summed E-state index contributed by atoms with van der Waals surface area (Å²) >= 11 is 0. The second kappa shape index (κ2) is 8.44. The number of carbonyl (C=O) groups excluding carboxylic acids is 2. The van der Waals surface area contributed by atoms with E-state index in [-0.39, 0.29) is 18.4 Å². The van der Waals surface area contributed by atoms with Crippen molar-refractivity contribution < 1.29 is 19.5 Å². The molecule has 0 aromatic heterocycles. The molecule has 2 N–H and O–H groups in total. The third-order valence-electron chi connectivity index (χ3n) is 6.07. The maximum atomic E-state index is 12.9. The molecule has 4 aliphatic rings. The number of likely N-dealkylation sites (tertiary alicyclic amines) is 1. The normalized spacial score (nSPS) is 26.0. The first-order chi connectivity index (χ1) is 14.0. The zero-order valence-corrected chi connectivity index (χ0v) is 16.6. The van der Waals surface area contributed by atoms with Crippen molar-refractivity contribution in [1.82, 2.24) is 29.8 Å². The third-order valence-corrected chi connectivity index (χ3v) is 6.07.